The van der Waals surface area contributed by atoms with Gasteiger partial charge in [0.2, 0.25) is 5.16 Å². The Morgan fingerprint density at radius 3 is 2.54 bits per heavy atom. The molecule has 2 aromatic carbocycles. The second-order valence-electron chi connectivity index (χ2n) is 4.94. The highest BCUT2D eigenvalue weighted by Crippen LogP contribution is 2.31. The number of aromatic nitrogens is 3. The van der Waals surface area contributed by atoms with Crippen LogP contribution in [0.3, 0.4) is 0 Å². The van der Waals surface area contributed by atoms with Crippen molar-refractivity contribution in [1.82, 2.24) is 14.9 Å². The largest absolute Gasteiger partial charge is 0.335 e. The third-order valence-corrected chi connectivity index (χ3v) is 5.68. The number of thioether (sulfide) groups is 2. The molecule has 0 aliphatic heterocycles. The summed E-state index contributed by atoms with van der Waals surface area (Å²) in [5.41, 5.74) is 1.86. The molecule has 0 amide bonds. The van der Waals surface area contributed by atoms with E-state index in [9.17, 15) is 0 Å². The first kappa shape index (κ1) is 17.5. The first-order chi connectivity index (χ1) is 11.6. The zero-order valence-corrected chi connectivity index (χ0v) is 15.9. The predicted molar refractivity (Wildman–Crippen MR) is 103 cm³/mol. The monoisotopic (exact) mass is 396 g/mol. The average Bonchev–Trinajstić information content (AvgIpc) is 2.96. The Balaban J connectivity index is 1.78. The Bertz CT molecular complexity index is 850. The number of hydrogen-bond acceptors (Lipinski definition) is 5. The summed E-state index contributed by atoms with van der Waals surface area (Å²) in [4.78, 5) is 1.24. The van der Waals surface area contributed by atoms with Gasteiger partial charge < -0.3 is 5.84 Å². The van der Waals surface area contributed by atoms with Gasteiger partial charge in [-0.15, -0.1) is 22.0 Å². The van der Waals surface area contributed by atoms with Crippen LogP contribution in [-0.4, -0.2) is 21.1 Å². The minimum Gasteiger partial charge on any atom is -0.335 e. The molecule has 0 aliphatic carbocycles. The lowest BCUT2D eigenvalue weighted by Gasteiger charge is -2.06. The molecule has 0 fully saturated rings. The summed E-state index contributed by atoms with van der Waals surface area (Å²) in [6.07, 6.45) is 2.06. The van der Waals surface area contributed by atoms with Crippen LogP contribution in [0.2, 0.25) is 10.0 Å². The van der Waals surface area contributed by atoms with E-state index in [0.717, 1.165) is 5.75 Å². The van der Waals surface area contributed by atoms with E-state index in [1.54, 1.807) is 30.0 Å². The van der Waals surface area contributed by atoms with E-state index in [4.69, 9.17) is 29.0 Å². The minimum absolute atomic E-state index is 0.489. The molecule has 0 saturated heterocycles. The summed E-state index contributed by atoms with van der Waals surface area (Å²) >= 11 is 15.5. The van der Waals surface area contributed by atoms with Crippen LogP contribution < -0.4 is 5.84 Å². The fourth-order valence-electron chi connectivity index (χ4n) is 2.10. The van der Waals surface area contributed by atoms with Crippen molar-refractivity contribution in [1.29, 1.82) is 0 Å². The quantitative estimate of drug-likeness (QED) is 0.486. The fourth-order valence-corrected chi connectivity index (χ4v) is 3.69. The SMILES string of the molecule is CSc1ccc(CSc2nnc(-c3cc(Cl)ccc3Cl)n2N)cc1. The molecule has 0 atom stereocenters. The zero-order valence-electron chi connectivity index (χ0n) is 12.7. The molecule has 0 aliphatic rings. The van der Waals surface area contributed by atoms with Gasteiger partial charge in [0.05, 0.1) is 5.02 Å². The number of halogens is 2. The van der Waals surface area contributed by atoms with Gasteiger partial charge in [-0.05, 0) is 42.2 Å². The normalized spacial score (nSPS) is 11.0. The first-order valence-corrected chi connectivity index (χ1v) is 9.96. The van der Waals surface area contributed by atoms with Crippen molar-refractivity contribution in [2.75, 3.05) is 12.1 Å². The Morgan fingerprint density at radius 1 is 1.08 bits per heavy atom. The number of nitrogen functional groups attached to an aromatic ring is 1. The average molecular weight is 397 g/mol. The molecule has 1 aromatic heterocycles. The molecule has 1 heterocycles. The van der Waals surface area contributed by atoms with Gasteiger partial charge >= 0.3 is 0 Å². The number of nitrogens with zero attached hydrogens (tertiary/aromatic N) is 3. The van der Waals surface area contributed by atoms with E-state index in [1.165, 1.54) is 26.9 Å². The van der Waals surface area contributed by atoms with Crippen molar-refractivity contribution >= 4 is 46.7 Å². The summed E-state index contributed by atoms with van der Waals surface area (Å²) in [6.45, 7) is 0. The molecule has 2 N–H and O–H groups in total. The highest BCUT2D eigenvalue weighted by Gasteiger charge is 2.15. The fraction of sp³-hybridized carbons (Fsp3) is 0.125. The topological polar surface area (TPSA) is 56.7 Å². The van der Waals surface area contributed by atoms with Crippen LogP contribution in [-0.2, 0) is 5.75 Å². The second-order valence-corrected chi connectivity index (χ2v) is 7.60. The van der Waals surface area contributed by atoms with Crippen LogP contribution in [0.5, 0.6) is 0 Å². The van der Waals surface area contributed by atoms with Gasteiger partial charge in [0.15, 0.2) is 5.82 Å². The van der Waals surface area contributed by atoms with E-state index in [0.29, 0.717) is 26.6 Å². The molecule has 0 bridgehead atoms. The second kappa shape index (κ2) is 7.70. The van der Waals surface area contributed by atoms with Crippen molar-refractivity contribution in [2.45, 2.75) is 15.8 Å². The smallest absolute Gasteiger partial charge is 0.210 e. The molecule has 0 spiro atoms. The molecule has 4 nitrogen and oxygen atoms in total. The lowest BCUT2D eigenvalue weighted by molar-refractivity contribution is 0.849. The Kier molecular flexibility index (Phi) is 5.61. The van der Waals surface area contributed by atoms with Crippen molar-refractivity contribution in [3.05, 3.63) is 58.1 Å². The maximum absolute atomic E-state index is 6.21. The van der Waals surface area contributed by atoms with E-state index < -0.39 is 0 Å². The molecule has 0 radical (unpaired) electrons. The van der Waals surface area contributed by atoms with Gasteiger partial charge in [0.1, 0.15) is 0 Å². The van der Waals surface area contributed by atoms with E-state index in [1.807, 2.05) is 0 Å². The highest BCUT2D eigenvalue weighted by atomic mass is 35.5. The Hall–Kier alpha value is -1.34. The lowest BCUT2D eigenvalue weighted by Crippen LogP contribution is -2.11. The number of benzene rings is 2. The van der Waals surface area contributed by atoms with E-state index in [2.05, 4.69) is 40.7 Å². The van der Waals surface area contributed by atoms with E-state index in [-0.39, 0.29) is 0 Å². The molecule has 0 saturated carbocycles. The van der Waals surface area contributed by atoms with Crippen LogP contribution in [0.1, 0.15) is 5.56 Å². The van der Waals surface area contributed by atoms with Crippen LogP contribution >= 0.6 is 46.7 Å². The molecular formula is C16H14Cl2N4S2. The van der Waals surface area contributed by atoms with Crippen LogP contribution in [0, 0.1) is 0 Å². The first-order valence-electron chi connectivity index (χ1n) is 7.00. The standard InChI is InChI=1S/C16H14Cl2N4S2/c1-23-12-5-2-10(3-6-12)9-24-16-21-20-15(22(16)19)13-8-11(17)4-7-14(13)18/h2-8H,9,19H2,1H3. The van der Waals surface area contributed by atoms with Gasteiger partial charge in [-0.2, -0.15) is 0 Å². The van der Waals surface area contributed by atoms with Crippen molar-refractivity contribution in [3.8, 4) is 11.4 Å². The molecule has 24 heavy (non-hydrogen) atoms. The number of nitrogens with two attached hydrogens (primary N) is 1. The summed E-state index contributed by atoms with van der Waals surface area (Å²) in [6, 6.07) is 13.6. The molecule has 124 valence electrons. The van der Waals surface area contributed by atoms with Gasteiger partial charge in [-0.3, -0.25) is 0 Å². The molecule has 3 rings (SSSR count). The molecule has 3 aromatic rings. The maximum atomic E-state index is 6.21. The van der Waals surface area contributed by atoms with Gasteiger partial charge in [0, 0.05) is 21.2 Å². The minimum atomic E-state index is 0.489. The highest BCUT2D eigenvalue weighted by molar-refractivity contribution is 7.98. The molecule has 8 heteroatoms. The van der Waals surface area contributed by atoms with Crippen molar-refractivity contribution < 1.29 is 0 Å². The Morgan fingerprint density at radius 2 is 1.83 bits per heavy atom. The van der Waals surface area contributed by atoms with Gasteiger partial charge in [-0.25, -0.2) is 4.68 Å². The zero-order chi connectivity index (χ0) is 17.1. The summed E-state index contributed by atoms with van der Waals surface area (Å²) in [5, 5.41) is 10.0. The van der Waals surface area contributed by atoms with Crippen LogP contribution in [0.15, 0.2) is 52.5 Å². The summed E-state index contributed by atoms with van der Waals surface area (Å²) < 4.78 is 1.44. The van der Waals surface area contributed by atoms with Crippen LogP contribution in [0.25, 0.3) is 11.4 Å². The number of rotatable bonds is 5. The maximum Gasteiger partial charge on any atom is 0.210 e. The van der Waals surface area contributed by atoms with Crippen LogP contribution in [0.4, 0.5) is 0 Å². The predicted octanol–water partition coefficient (Wildman–Crippen LogP) is 4.98. The third kappa shape index (κ3) is 3.83. The van der Waals surface area contributed by atoms with Gasteiger partial charge in [0.25, 0.3) is 0 Å². The van der Waals surface area contributed by atoms with Crippen molar-refractivity contribution in [2.24, 2.45) is 0 Å². The Labute approximate surface area is 158 Å². The third-order valence-electron chi connectivity index (χ3n) is 3.36. The van der Waals surface area contributed by atoms with Crippen molar-refractivity contribution in [3.63, 3.8) is 0 Å². The number of hydrogen-bond donors (Lipinski definition) is 1. The lowest BCUT2D eigenvalue weighted by atomic mass is 10.2. The van der Waals surface area contributed by atoms with Gasteiger partial charge in [-0.1, -0.05) is 47.1 Å². The molecule has 0 unspecified atom stereocenters. The summed E-state index contributed by atoms with van der Waals surface area (Å²) in [7, 11) is 0. The van der Waals surface area contributed by atoms with E-state index >= 15 is 0 Å². The summed E-state index contributed by atoms with van der Waals surface area (Å²) in [5.74, 6) is 7.38. The molecular weight excluding hydrogens is 383 g/mol.